The van der Waals surface area contributed by atoms with Gasteiger partial charge in [0, 0.05) is 5.56 Å². The Morgan fingerprint density at radius 1 is 1.19 bits per heavy atom. The van der Waals surface area contributed by atoms with Gasteiger partial charge in [0.05, 0.1) is 5.56 Å². The molecule has 0 fully saturated rings. The van der Waals surface area contributed by atoms with E-state index in [1.165, 1.54) is 0 Å². The highest BCUT2D eigenvalue weighted by Gasteiger charge is 2.19. The predicted octanol–water partition coefficient (Wildman–Crippen LogP) is 4.21. The lowest BCUT2D eigenvalue weighted by atomic mass is 9.85. The second-order valence-corrected chi connectivity index (χ2v) is 5.27. The molecule has 0 heterocycles. The fourth-order valence-corrected chi connectivity index (χ4v) is 2.77. The minimum absolute atomic E-state index is 0.231. The maximum atomic E-state index is 14.4. The average Bonchev–Trinajstić information content (AvgIpc) is 2.49. The van der Waals surface area contributed by atoms with Crippen molar-refractivity contribution >= 4 is 11.5 Å². The standard InChI is InChI=1S/C18H15FO2/c1-11-4-2-7-15(17(11)19)14-6-3-5-12-8-9-13(18(20)21)10-16(12)14/h2,4,6-10H,3,5H2,1H3,(H,20,21). The lowest BCUT2D eigenvalue weighted by molar-refractivity contribution is 0.0697. The number of benzene rings is 2. The zero-order valence-electron chi connectivity index (χ0n) is 11.7. The van der Waals surface area contributed by atoms with E-state index in [4.69, 9.17) is 5.11 Å². The molecule has 0 radical (unpaired) electrons. The van der Waals surface area contributed by atoms with Crippen LogP contribution >= 0.6 is 0 Å². The maximum Gasteiger partial charge on any atom is 0.335 e. The van der Waals surface area contributed by atoms with Gasteiger partial charge in [0.25, 0.3) is 0 Å². The summed E-state index contributed by atoms with van der Waals surface area (Å²) in [5, 5.41) is 9.15. The van der Waals surface area contributed by atoms with Crippen LogP contribution in [0.1, 0.15) is 39.0 Å². The van der Waals surface area contributed by atoms with Crippen molar-refractivity contribution in [2.45, 2.75) is 19.8 Å². The van der Waals surface area contributed by atoms with Crippen LogP contribution < -0.4 is 0 Å². The molecule has 21 heavy (non-hydrogen) atoms. The third kappa shape index (κ3) is 2.35. The van der Waals surface area contributed by atoms with Gasteiger partial charge in [-0.05, 0) is 54.2 Å². The number of fused-ring (bicyclic) bond motifs is 1. The Hall–Kier alpha value is -2.42. The summed E-state index contributed by atoms with van der Waals surface area (Å²) >= 11 is 0. The maximum absolute atomic E-state index is 14.4. The van der Waals surface area contributed by atoms with Crippen LogP contribution in [0.5, 0.6) is 0 Å². The molecule has 0 unspecified atom stereocenters. The van der Waals surface area contributed by atoms with Crippen LogP contribution in [0.15, 0.2) is 42.5 Å². The molecule has 2 nitrogen and oxygen atoms in total. The minimum atomic E-state index is -0.965. The van der Waals surface area contributed by atoms with Crippen LogP contribution in [0.3, 0.4) is 0 Å². The molecule has 0 saturated heterocycles. The van der Waals surface area contributed by atoms with E-state index < -0.39 is 5.97 Å². The van der Waals surface area contributed by atoms with Gasteiger partial charge in [0.1, 0.15) is 5.82 Å². The van der Waals surface area contributed by atoms with E-state index in [1.807, 2.05) is 18.2 Å². The Bertz CT molecular complexity index is 760. The Kier molecular flexibility index (Phi) is 3.34. The van der Waals surface area contributed by atoms with Crippen molar-refractivity contribution in [2.75, 3.05) is 0 Å². The monoisotopic (exact) mass is 282 g/mol. The van der Waals surface area contributed by atoms with Crippen LogP contribution in [-0.2, 0) is 6.42 Å². The SMILES string of the molecule is Cc1cccc(C2=CCCc3ccc(C(=O)O)cc32)c1F. The highest BCUT2D eigenvalue weighted by molar-refractivity contribution is 5.91. The topological polar surface area (TPSA) is 37.3 Å². The highest BCUT2D eigenvalue weighted by Crippen LogP contribution is 2.34. The number of carboxylic acids is 1. The Morgan fingerprint density at radius 2 is 2.00 bits per heavy atom. The van der Waals surface area contributed by atoms with Gasteiger partial charge in [-0.2, -0.15) is 0 Å². The molecule has 2 aromatic rings. The number of rotatable bonds is 2. The first-order chi connectivity index (χ1) is 10.1. The lowest BCUT2D eigenvalue weighted by Gasteiger charge is -2.19. The molecule has 0 amide bonds. The Labute approximate surface area is 122 Å². The molecule has 1 aliphatic rings. The molecule has 0 spiro atoms. The molecule has 1 N–H and O–H groups in total. The van der Waals surface area contributed by atoms with E-state index in [-0.39, 0.29) is 11.4 Å². The number of hydrogen-bond acceptors (Lipinski definition) is 1. The molecule has 106 valence electrons. The van der Waals surface area contributed by atoms with Crippen LogP contribution in [-0.4, -0.2) is 11.1 Å². The molecular weight excluding hydrogens is 267 g/mol. The van der Waals surface area contributed by atoms with E-state index in [9.17, 15) is 9.18 Å². The fourth-order valence-electron chi connectivity index (χ4n) is 2.77. The summed E-state index contributed by atoms with van der Waals surface area (Å²) in [4.78, 5) is 11.2. The largest absolute Gasteiger partial charge is 0.478 e. The second-order valence-electron chi connectivity index (χ2n) is 5.27. The third-order valence-corrected chi connectivity index (χ3v) is 3.89. The number of carbonyl (C=O) groups is 1. The van der Waals surface area contributed by atoms with E-state index >= 15 is 0 Å². The normalized spacial score (nSPS) is 13.5. The zero-order valence-corrected chi connectivity index (χ0v) is 11.7. The van der Waals surface area contributed by atoms with Crippen molar-refractivity contribution in [3.8, 4) is 0 Å². The van der Waals surface area contributed by atoms with Crippen molar-refractivity contribution in [3.05, 3.63) is 76.1 Å². The van der Waals surface area contributed by atoms with Crippen molar-refractivity contribution in [1.29, 1.82) is 0 Å². The summed E-state index contributed by atoms with van der Waals surface area (Å²) in [5.41, 5.74) is 4.05. The molecule has 0 aromatic heterocycles. The highest BCUT2D eigenvalue weighted by atomic mass is 19.1. The molecule has 2 aromatic carbocycles. The van der Waals surface area contributed by atoms with Crippen molar-refractivity contribution in [3.63, 3.8) is 0 Å². The molecule has 1 aliphatic carbocycles. The van der Waals surface area contributed by atoms with Crippen LogP contribution in [0, 0.1) is 12.7 Å². The predicted molar refractivity (Wildman–Crippen MR) is 79.9 cm³/mol. The molecule has 3 heteroatoms. The summed E-state index contributed by atoms with van der Waals surface area (Å²) in [6.45, 7) is 1.73. The number of allylic oxidation sites excluding steroid dienone is 1. The minimum Gasteiger partial charge on any atom is -0.478 e. The lowest BCUT2D eigenvalue weighted by Crippen LogP contribution is -2.06. The molecular formula is C18H15FO2. The van der Waals surface area contributed by atoms with Gasteiger partial charge in [-0.25, -0.2) is 9.18 Å². The number of hydrogen-bond donors (Lipinski definition) is 1. The van der Waals surface area contributed by atoms with E-state index in [0.717, 1.165) is 29.5 Å². The quantitative estimate of drug-likeness (QED) is 0.895. The summed E-state index contributed by atoms with van der Waals surface area (Å²) in [5.74, 6) is -1.20. The Balaban J connectivity index is 2.18. The van der Waals surface area contributed by atoms with Crippen molar-refractivity contribution < 1.29 is 14.3 Å². The summed E-state index contributed by atoms with van der Waals surface area (Å²) < 4.78 is 14.4. The van der Waals surface area contributed by atoms with Gasteiger partial charge in [-0.1, -0.05) is 30.3 Å². The average molecular weight is 282 g/mol. The number of aryl methyl sites for hydroxylation is 2. The summed E-state index contributed by atoms with van der Waals surface area (Å²) in [7, 11) is 0. The molecule has 0 aliphatic heterocycles. The van der Waals surface area contributed by atoms with Gasteiger partial charge in [-0.3, -0.25) is 0 Å². The molecule has 3 rings (SSSR count). The van der Waals surface area contributed by atoms with Gasteiger partial charge in [0.2, 0.25) is 0 Å². The molecule has 0 atom stereocenters. The van der Waals surface area contributed by atoms with Gasteiger partial charge >= 0.3 is 5.97 Å². The van der Waals surface area contributed by atoms with Crippen LogP contribution in [0.25, 0.3) is 5.57 Å². The molecule has 0 bridgehead atoms. The van der Waals surface area contributed by atoms with Crippen LogP contribution in [0.4, 0.5) is 4.39 Å². The van der Waals surface area contributed by atoms with Crippen molar-refractivity contribution in [2.24, 2.45) is 0 Å². The van der Waals surface area contributed by atoms with Gasteiger partial charge in [0.15, 0.2) is 0 Å². The fraction of sp³-hybridized carbons (Fsp3) is 0.167. The first kappa shape index (κ1) is 13.6. The first-order valence-corrected chi connectivity index (χ1v) is 6.90. The molecule has 0 saturated carbocycles. The first-order valence-electron chi connectivity index (χ1n) is 6.90. The number of halogens is 1. The number of aromatic carboxylic acids is 1. The third-order valence-electron chi connectivity index (χ3n) is 3.89. The summed E-state index contributed by atoms with van der Waals surface area (Å²) in [6, 6.07) is 10.4. The van der Waals surface area contributed by atoms with E-state index in [0.29, 0.717) is 11.1 Å². The Morgan fingerprint density at radius 3 is 2.76 bits per heavy atom. The van der Waals surface area contributed by atoms with Gasteiger partial charge in [-0.15, -0.1) is 0 Å². The smallest absolute Gasteiger partial charge is 0.335 e. The number of carboxylic acid groups (broad SMARTS) is 1. The van der Waals surface area contributed by atoms with Crippen molar-refractivity contribution in [1.82, 2.24) is 0 Å². The van der Waals surface area contributed by atoms with Crippen LogP contribution in [0.2, 0.25) is 0 Å². The van der Waals surface area contributed by atoms with E-state index in [1.54, 1.807) is 31.2 Å². The zero-order chi connectivity index (χ0) is 15.0. The second kappa shape index (κ2) is 5.17. The van der Waals surface area contributed by atoms with E-state index in [2.05, 4.69) is 0 Å². The van der Waals surface area contributed by atoms with Gasteiger partial charge < -0.3 is 5.11 Å². The summed E-state index contributed by atoms with van der Waals surface area (Å²) in [6.07, 6.45) is 3.68.